The van der Waals surface area contributed by atoms with Crippen molar-refractivity contribution in [3.63, 3.8) is 0 Å². The van der Waals surface area contributed by atoms with Gasteiger partial charge in [0, 0.05) is 0 Å². The summed E-state index contributed by atoms with van der Waals surface area (Å²) in [5, 5.41) is 0. The number of hydrogen-bond donors (Lipinski definition) is 0. The quantitative estimate of drug-likeness (QED) is 0.381. The van der Waals surface area contributed by atoms with Crippen LogP contribution in [0, 0.1) is 5.92 Å². The Morgan fingerprint density at radius 2 is 1.33 bits per heavy atom. The minimum Gasteiger partial charge on any atom is -0.0885 e. The van der Waals surface area contributed by atoms with Crippen LogP contribution in [0.3, 0.4) is 0 Å². The third kappa shape index (κ3) is 4.63. The van der Waals surface area contributed by atoms with Crippen LogP contribution >= 0.6 is 0 Å². The highest BCUT2D eigenvalue weighted by Gasteiger charge is 2.34. The van der Waals surface area contributed by atoms with Gasteiger partial charge in [-0.25, -0.2) is 0 Å². The molecule has 118 valence electrons. The van der Waals surface area contributed by atoms with Gasteiger partial charge in [-0.1, -0.05) is 101 Å². The lowest BCUT2D eigenvalue weighted by molar-refractivity contribution is 0.440. The third-order valence-electron chi connectivity index (χ3n) is 6.80. The van der Waals surface area contributed by atoms with Gasteiger partial charge in [0.1, 0.15) is 6.71 Å². The van der Waals surface area contributed by atoms with Crippen molar-refractivity contribution >= 4 is 6.71 Å². The average Bonchev–Trinajstić information content (AvgIpc) is 2.58. The van der Waals surface area contributed by atoms with Gasteiger partial charge in [0.2, 0.25) is 0 Å². The Morgan fingerprint density at radius 1 is 0.714 bits per heavy atom. The summed E-state index contributed by atoms with van der Waals surface area (Å²) in [7, 11) is 0. The molecule has 0 N–H and O–H groups in total. The van der Waals surface area contributed by atoms with Gasteiger partial charge in [-0.15, -0.1) is 0 Å². The topological polar surface area (TPSA) is 0 Å². The van der Waals surface area contributed by atoms with E-state index in [1.807, 2.05) is 0 Å². The van der Waals surface area contributed by atoms with Crippen LogP contribution in [0.5, 0.6) is 0 Å². The fraction of sp³-hybridized carbons (Fsp3) is 0.900. The van der Waals surface area contributed by atoms with Crippen molar-refractivity contribution in [2.75, 3.05) is 0 Å². The highest BCUT2D eigenvalue weighted by Crippen LogP contribution is 2.44. The molecule has 1 unspecified atom stereocenters. The van der Waals surface area contributed by atoms with Crippen LogP contribution in [-0.2, 0) is 0 Å². The lowest BCUT2D eigenvalue weighted by Crippen LogP contribution is -2.30. The second kappa shape index (κ2) is 8.44. The van der Waals surface area contributed by atoms with Gasteiger partial charge in [-0.05, 0) is 25.2 Å². The van der Waals surface area contributed by atoms with Crippen LogP contribution in [0.25, 0.3) is 0 Å². The van der Waals surface area contributed by atoms with Crippen LogP contribution in [-0.4, -0.2) is 6.71 Å². The molecule has 2 saturated carbocycles. The summed E-state index contributed by atoms with van der Waals surface area (Å²) in [6.45, 7) is 1.09. The molecular formula is C20H35B. The van der Waals surface area contributed by atoms with Gasteiger partial charge in [0.25, 0.3) is 0 Å². The molecule has 1 heteroatoms. The Kier molecular flexibility index (Phi) is 6.31. The smallest absolute Gasteiger partial charge is 0.0885 e. The van der Waals surface area contributed by atoms with Crippen LogP contribution in [0.2, 0.25) is 18.0 Å². The average molecular weight is 286 g/mol. The number of allylic oxidation sites excluding steroid dienone is 2. The minimum atomic E-state index is 1.02. The van der Waals surface area contributed by atoms with Gasteiger partial charge >= 0.3 is 0 Å². The Hall–Kier alpha value is -0.195. The van der Waals surface area contributed by atoms with Gasteiger partial charge in [0.15, 0.2) is 0 Å². The second-order valence-corrected chi connectivity index (χ2v) is 8.19. The largest absolute Gasteiger partial charge is 0.146 e. The van der Waals surface area contributed by atoms with E-state index in [9.17, 15) is 0 Å². The van der Waals surface area contributed by atoms with Crippen molar-refractivity contribution in [2.45, 2.75) is 108 Å². The molecule has 0 aliphatic heterocycles. The van der Waals surface area contributed by atoms with Crippen molar-refractivity contribution < 1.29 is 0 Å². The monoisotopic (exact) mass is 286 g/mol. The molecule has 1 atom stereocenters. The zero-order valence-electron chi connectivity index (χ0n) is 14.1. The van der Waals surface area contributed by atoms with Crippen LogP contribution in [0.1, 0.15) is 89.9 Å². The standard InChI is InChI=1S/C20H35B/c1-4-10-18(11-5-1)16-17-21(19-12-6-2-7-13-19)20-14-8-3-9-15-20/h1,4,18-20H,2-3,5-17H2. The first-order valence-electron chi connectivity index (χ1n) is 10.1. The Balaban J connectivity index is 1.55. The van der Waals surface area contributed by atoms with Crippen LogP contribution < -0.4 is 0 Å². The molecule has 3 rings (SSSR count). The van der Waals surface area contributed by atoms with Crippen molar-refractivity contribution in [3.05, 3.63) is 12.2 Å². The molecule has 0 radical (unpaired) electrons. The first-order valence-corrected chi connectivity index (χ1v) is 10.1. The van der Waals surface area contributed by atoms with Gasteiger partial charge in [-0.3, -0.25) is 0 Å². The fourth-order valence-corrected chi connectivity index (χ4v) is 5.53. The highest BCUT2D eigenvalue weighted by molar-refractivity contribution is 6.62. The predicted molar refractivity (Wildman–Crippen MR) is 95.3 cm³/mol. The zero-order valence-corrected chi connectivity index (χ0v) is 14.1. The lowest BCUT2D eigenvalue weighted by atomic mass is 9.28. The number of hydrogen-bond acceptors (Lipinski definition) is 0. The summed E-state index contributed by atoms with van der Waals surface area (Å²) in [6.07, 6.45) is 27.5. The molecule has 3 aliphatic rings. The first kappa shape index (κ1) is 15.7. The van der Waals surface area contributed by atoms with E-state index in [1.165, 1.54) is 64.2 Å². The van der Waals surface area contributed by atoms with E-state index in [0.29, 0.717) is 0 Å². The van der Waals surface area contributed by atoms with Gasteiger partial charge in [0.05, 0.1) is 0 Å². The molecule has 21 heavy (non-hydrogen) atoms. The van der Waals surface area contributed by atoms with E-state index in [-0.39, 0.29) is 0 Å². The second-order valence-electron chi connectivity index (χ2n) is 8.19. The maximum absolute atomic E-state index is 2.45. The summed E-state index contributed by atoms with van der Waals surface area (Å²) in [5.41, 5.74) is 0. The highest BCUT2D eigenvalue weighted by atomic mass is 14.2. The fourth-order valence-electron chi connectivity index (χ4n) is 5.53. The maximum atomic E-state index is 2.45. The summed E-state index contributed by atoms with van der Waals surface area (Å²) in [5.74, 6) is 3.21. The van der Waals surface area contributed by atoms with Crippen molar-refractivity contribution in [1.29, 1.82) is 0 Å². The molecule has 3 aliphatic carbocycles. The van der Waals surface area contributed by atoms with Crippen molar-refractivity contribution in [2.24, 2.45) is 5.92 Å². The third-order valence-corrected chi connectivity index (χ3v) is 6.80. The normalized spacial score (nSPS) is 28.7. The molecule has 0 spiro atoms. The van der Waals surface area contributed by atoms with Crippen molar-refractivity contribution in [3.8, 4) is 0 Å². The number of rotatable bonds is 5. The molecule has 0 heterocycles. The molecule has 0 aromatic carbocycles. The summed E-state index contributed by atoms with van der Waals surface area (Å²) < 4.78 is 0. The molecule has 2 fully saturated rings. The minimum absolute atomic E-state index is 1.02. The van der Waals surface area contributed by atoms with Gasteiger partial charge in [-0.2, -0.15) is 0 Å². The van der Waals surface area contributed by atoms with E-state index >= 15 is 0 Å². The SMILES string of the molecule is C1=CCC(CCB(C2CCCCC2)C2CCCCC2)CC1. The molecule has 0 nitrogen and oxygen atoms in total. The maximum Gasteiger partial charge on any atom is 0.146 e. The van der Waals surface area contributed by atoms with E-state index in [0.717, 1.165) is 24.3 Å². The molecule has 0 amide bonds. The van der Waals surface area contributed by atoms with E-state index in [4.69, 9.17) is 0 Å². The summed E-state index contributed by atoms with van der Waals surface area (Å²) in [6, 6.07) is 0. The van der Waals surface area contributed by atoms with Crippen LogP contribution in [0.4, 0.5) is 0 Å². The molecule has 0 aromatic heterocycles. The Labute approximate surface area is 133 Å². The summed E-state index contributed by atoms with van der Waals surface area (Å²) >= 11 is 0. The van der Waals surface area contributed by atoms with Crippen LogP contribution in [0.15, 0.2) is 12.2 Å². The lowest BCUT2D eigenvalue weighted by Gasteiger charge is -2.36. The van der Waals surface area contributed by atoms with E-state index in [2.05, 4.69) is 12.2 Å². The Morgan fingerprint density at radius 3 is 1.86 bits per heavy atom. The summed E-state index contributed by atoms with van der Waals surface area (Å²) in [4.78, 5) is 0. The van der Waals surface area contributed by atoms with Gasteiger partial charge < -0.3 is 0 Å². The zero-order chi connectivity index (χ0) is 14.3. The molecule has 0 saturated heterocycles. The van der Waals surface area contributed by atoms with E-state index < -0.39 is 0 Å². The van der Waals surface area contributed by atoms with E-state index in [1.54, 1.807) is 32.0 Å². The Bertz CT molecular complexity index is 292. The molecule has 0 bridgehead atoms. The predicted octanol–water partition coefficient (Wildman–Crippen LogP) is 6.90. The molecular weight excluding hydrogens is 251 g/mol. The van der Waals surface area contributed by atoms with Crippen molar-refractivity contribution in [1.82, 2.24) is 0 Å². The first-order chi connectivity index (χ1) is 10.4. The molecule has 0 aromatic rings.